The minimum Gasteiger partial charge on any atom is -0.468 e. The molecule has 4 aliphatic rings. The second kappa shape index (κ2) is 32.5. The van der Waals surface area contributed by atoms with Gasteiger partial charge in [0.1, 0.15) is 46.0 Å². The van der Waals surface area contributed by atoms with E-state index in [9.17, 15) is 0 Å². The Labute approximate surface area is 545 Å². The maximum Gasteiger partial charge on any atom is 0.230 e. The van der Waals surface area contributed by atoms with Gasteiger partial charge in [0.05, 0.1) is 12.2 Å². The maximum absolute atomic E-state index is 6.68. The van der Waals surface area contributed by atoms with Crippen molar-refractivity contribution >= 4 is 21.5 Å². The molecule has 0 amide bonds. The van der Waals surface area contributed by atoms with Gasteiger partial charge >= 0.3 is 0 Å². The van der Waals surface area contributed by atoms with Crippen LogP contribution in [0.25, 0.3) is 32.7 Å². The first-order valence-electron chi connectivity index (χ1n) is 30.1. The van der Waals surface area contributed by atoms with Gasteiger partial charge in [-0.3, -0.25) is 0 Å². The molecule has 0 atom stereocenters. The van der Waals surface area contributed by atoms with Crippen LogP contribution in [0.3, 0.4) is 0 Å². The summed E-state index contributed by atoms with van der Waals surface area (Å²) >= 11 is 0. The number of fused-ring (bicyclic) bond motifs is 2. The van der Waals surface area contributed by atoms with E-state index in [1.54, 1.807) is 0 Å². The van der Waals surface area contributed by atoms with Crippen molar-refractivity contribution in [3.05, 3.63) is 192 Å². The second-order valence-corrected chi connectivity index (χ2v) is 22.8. The van der Waals surface area contributed by atoms with E-state index in [4.69, 9.17) is 66.3 Å². The van der Waals surface area contributed by atoms with Crippen LogP contribution in [0.5, 0.6) is 46.0 Å². The summed E-state index contributed by atoms with van der Waals surface area (Å²) < 4.78 is 82.4. The van der Waals surface area contributed by atoms with Gasteiger partial charge in [-0.05, 0) is 206 Å². The molecule has 2 saturated carbocycles. The third kappa shape index (κ3) is 17.8. The van der Waals surface area contributed by atoms with Crippen molar-refractivity contribution in [3.63, 3.8) is 0 Å². The fourth-order valence-corrected chi connectivity index (χ4v) is 11.6. The van der Waals surface area contributed by atoms with Crippen molar-refractivity contribution in [2.45, 2.75) is 89.3 Å². The summed E-state index contributed by atoms with van der Waals surface area (Å²) in [4.78, 5) is 0. The smallest absolute Gasteiger partial charge is 0.230 e. The summed E-state index contributed by atoms with van der Waals surface area (Å²) in [5, 5.41) is 4.46. The Balaban J connectivity index is 0.00000428. The van der Waals surface area contributed by atoms with Crippen molar-refractivity contribution in [3.8, 4) is 57.1 Å². The van der Waals surface area contributed by atoms with Gasteiger partial charge in [-0.1, -0.05) is 117 Å². The molecular formula is C72H76O14W2-2. The Hall–Kier alpha value is -6.18. The van der Waals surface area contributed by atoms with Gasteiger partial charge in [0.15, 0.2) is 27.2 Å². The van der Waals surface area contributed by atoms with E-state index < -0.39 is 0 Å². The van der Waals surface area contributed by atoms with Crippen LogP contribution in [-0.4, -0.2) is 92.6 Å². The van der Waals surface area contributed by atoms with Gasteiger partial charge in [-0.15, -0.1) is 0 Å². The van der Waals surface area contributed by atoms with E-state index >= 15 is 0 Å². The van der Waals surface area contributed by atoms with E-state index in [2.05, 4.69) is 98.8 Å². The average molecular weight is 1530 g/mol. The standard InChI is InChI=1S/C72H76O14.2W/c1-49-4-31-69-57(33-49)13-32-71(86-48-84-62-20-11-56(12-21-62)54-7-16-60(17-8-54)80-46-82-66-28-24-64(25-29-66)78-44-76-42-52-39-74-40-52)72(69)70-36-67(35-58-34-50(2)3-30-68(58)70)85-47-83-61-18-9-55(10-19-61)53-5-14-59(15-6-53)79-45-81-65-26-22-63(23-27-65)77-43-75-41-51-37-73-38-51;;/h3-8,13-17,22-36,55-56,61-62H,9-12,18-21,37-48H2,1-2H3;;/q-2;;. The molecule has 0 aromatic heterocycles. The zero-order valence-electron chi connectivity index (χ0n) is 50.0. The Morgan fingerprint density at radius 2 is 0.761 bits per heavy atom. The fraction of sp³-hybridized carbons (Fsp3) is 0.361. The molecule has 2 aliphatic carbocycles. The number of aryl methyl sites for hydroxylation is 2. The van der Waals surface area contributed by atoms with E-state index in [0.29, 0.717) is 74.5 Å². The van der Waals surface area contributed by atoms with Gasteiger partial charge in [0.25, 0.3) is 0 Å². The molecule has 8 aromatic rings. The minimum absolute atomic E-state index is 0. The molecule has 2 heterocycles. The van der Waals surface area contributed by atoms with Crippen LogP contribution in [0.15, 0.2) is 158 Å². The summed E-state index contributed by atoms with van der Waals surface area (Å²) in [7, 11) is 0. The molecule has 2 saturated heterocycles. The maximum atomic E-state index is 6.68. The normalized spacial score (nSPS) is 18.4. The first-order valence-corrected chi connectivity index (χ1v) is 30.1. The largest absolute Gasteiger partial charge is 0.468 e. The second-order valence-electron chi connectivity index (χ2n) is 22.8. The molecule has 0 unspecified atom stereocenters. The predicted octanol–water partition coefficient (Wildman–Crippen LogP) is 15.2. The van der Waals surface area contributed by atoms with Crippen LogP contribution in [0, 0.1) is 25.7 Å². The summed E-state index contributed by atoms with van der Waals surface area (Å²) in [6, 6.07) is 53.3. The number of hydrogen-bond donors (Lipinski definition) is 0. The minimum atomic E-state index is 0. The topological polar surface area (TPSA) is 129 Å². The zero-order chi connectivity index (χ0) is 58.3. The number of benzene rings is 8. The van der Waals surface area contributed by atoms with E-state index in [1.165, 1.54) is 34.1 Å². The molecule has 4 fully saturated rings. The summed E-state index contributed by atoms with van der Waals surface area (Å²) in [5.41, 5.74) is 7.04. The van der Waals surface area contributed by atoms with Gasteiger partial charge in [0, 0.05) is 47.7 Å². The van der Waals surface area contributed by atoms with Crippen LogP contribution in [0.2, 0.25) is 0 Å². The monoisotopic (exact) mass is 1530 g/mol. The van der Waals surface area contributed by atoms with Gasteiger partial charge < -0.3 is 66.3 Å². The van der Waals surface area contributed by atoms with Crippen molar-refractivity contribution in [1.82, 2.24) is 0 Å². The van der Waals surface area contributed by atoms with Crippen molar-refractivity contribution in [1.29, 1.82) is 0 Å². The van der Waals surface area contributed by atoms with Crippen molar-refractivity contribution < 1.29 is 108 Å². The van der Waals surface area contributed by atoms with E-state index in [-0.39, 0.29) is 95.1 Å². The fourth-order valence-electron chi connectivity index (χ4n) is 11.6. The van der Waals surface area contributed by atoms with Crippen LogP contribution in [0.4, 0.5) is 0 Å². The molecule has 8 aromatic carbocycles. The SMILES string of the molecule is Cc1ccc2c(-c3c(OCOC4CCC(c5ccc(OCOc6ccc(OCOC[C-]7COC7)cc6)cc5)CC4)ccc4cc(C)ccc34)cc(OCOC3CCC(c4ccc(OCOc5ccc(OCOC[C-]6COC6)cc5)cc4)CC3)cc2c1.[W].[W]. The molecule has 16 heteroatoms. The number of hydrogen-bond acceptors (Lipinski definition) is 14. The first-order chi connectivity index (χ1) is 42.4. The first kappa shape index (κ1) is 64.8. The molecule has 462 valence electrons. The van der Waals surface area contributed by atoms with Gasteiger partial charge in [-0.25, -0.2) is 11.8 Å². The molecular weight excluding hydrogens is 1460 g/mol. The molecule has 0 N–H and O–H groups in total. The molecule has 0 spiro atoms. The molecule has 2 aliphatic heterocycles. The predicted molar refractivity (Wildman–Crippen MR) is 329 cm³/mol. The Kier molecular flexibility index (Phi) is 23.9. The molecule has 0 radical (unpaired) electrons. The average Bonchev–Trinajstić information content (AvgIpc) is 1.23. The third-order valence-corrected chi connectivity index (χ3v) is 16.6. The summed E-state index contributed by atoms with van der Waals surface area (Å²) in [5.74, 6) is 9.25. The van der Waals surface area contributed by atoms with Gasteiger partial charge in [-0.2, -0.15) is 0 Å². The van der Waals surface area contributed by atoms with Crippen LogP contribution < -0.4 is 37.9 Å². The van der Waals surface area contributed by atoms with E-state index in [0.717, 1.165) is 107 Å². The van der Waals surface area contributed by atoms with Crippen LogP contribution in [-0.2, 0) is 70.6 Å². The van der Waals surface area contributed by atoms with Crippen molar-refractivity contribution in [2.75, 3.05) is 80.4 Å². The Bertz CT molecular complexity index is 3420. The quantitative estimate of drug-likeness (QED) is 0.0250. The summed E-state index contributed by atoms with van der Waals surface area (Å²) in [6.45, 7) is 8.99. The van der Waals surface area contributed by atoms with Crippen LogP contribution in [0.1, 0.15) is 85.5 Å². The van der Waals surface area contributed by atoms with Gasteiger partial charge in [0.2, 0.25) is 13.6 Å². The third-order valence-electron chi connectivity index (χ3n) is 16.6. The van der Waals surface area contributed by atoms with E-state index in [1.807, 2.05) is 72.8 Å². The molecule has 12 rings (SSSR count). The molecule has 88 heavy (non-hydrogen) atoms. The molecule has 0 bridgehead atoms. The zero-order valence-corrected chi connectivity index (χ0v) is 55.9. The number of ether oxygens (including phenoxy) is 14. The summed E-state index contributed by atoms with van der Waals surface area (Å²) in [6.07, 6.45) is 8.17. The van der Waals surface area contributed by atoms with Crippen LogP contribution >= 0.6 is 0 Å². The van der Waals surface area contributed by atoms with Crippen molar-refractivity contribution in [2.24, 2.45) is 0 Å². The molecule has 14 nitrogen and oxygen atoms in total. The Morgan fingerprint density at radius 1 is 0.364 bits per heavy atom. The Morgan fingerprint density at radius 3 is 1.20 bits per heavy atom. The number of rotatable bonds is 29.